The van der Waals surface area contributed by atoms with E-state index < -0.39 is 10.0 Å². The van der Waals surface area contributed by atoms with Crippen molar-refractivity contribution in [1.82, 2.24) is 14.3 Å². The first-order valence-corrected chi connectivity index (χ1v) is 14.8. The minimum atomic E-state index is -3.69. The summed E-state index contributed by atoms with van der Waals surface area (Å²) >= 11 is 0. The lowest BCUT2D eigenvalue weighted by atomic mass is 9.87. The third kappa shape index (κ3) is 6.13. The van der Waals surface area contributed by atoms with E-state index in [1.807, 2.05) is 66.3 Å². The first-order valence-electron chi connectivity index (χ1n) is 13.3. The first kappa shape index (κ1) is 26.8. The maximum Gasteiger partial charge on any atom is 0.241 e. The molecular weight excluding hydrogens is 508 g/mol. The average molecular weight is 543 g/mol. The number of hydrogen-bond acceptors (Lipinski definition) is 4. The third-order valence-corrected chi connectivity index (χ3v) is 8.96. The second kappa shape index (κ2) is 11.6. The van der Waals surface area contributed by atoms with Crippen molar-refractivity contribution in [2.75, 3.05) is 4.90 Å². The van der Waals surface area contributed by atoms with E-state index in [1.54, 1.807) is 41.4 Å². The van der Waals surface area contributed by atoms with E-state index in [-0.39, 0.29) is 22.8 Å². The highest BCUT2D eigenvalue weighted by Gasteiger charge is 2.28. The Morgan fingerprint density at radius 2 is 1.79 bits per heavy atom. The summed E-state index contributed by atoms with van der Waals surface area (Å²) in [5.41, 5.74) is 3.89. The van der Waals surface area contributed by atoms with Gasteiger partial charge in [-0.2, -0.15) is 0 Å². The van der Waals surface area contributed by atoms with Crippen LogP contribution in [0.5, 0.6) is 0 Å². The molecule has 7 nitrogen and oxygen atoms in total. The molecule has 1 aliphatic rings. The number of carbonyl (C=O) groups is 1. The molecule has 39 heavy (non-hydrogen) atoms. The van der Waals surface area contributed by atoms with Crippen LogP contribution in [0.4, 0.5) is 5.69 Å². The van der Waals surface area contributed by atoms with Crippen molar-refractivity contribution in [1.29, 1.82) is 0 Å². The Morgan fingerprint density at radius 3 is 2.49 bits per heavy atom. The Morgan fingerprint density at radius 1 is 1.08 bits per heavy atom. The molecule has 202 valence electrons. The second-order valence-corrected chi connectivity index (χ2v) is 11.9. The van der Waals surface area contributed by atoms with Crippen LogP contribution in [0.2, 0.25) is 0 Å². The third-order valence-electron chi connectivity index (χ3n) is 7.48. The summed E-state index contributed by atoms with van der Waals surface area (Å²) in [5, 5.41) is 0. The molecule has 5 rings (SSSR count). The zero-order chi connectivity index (χ0) is 27.4. The van der Waals surface area contributed by atoms with Gasteiger partial charge >= 0.3 is 0 Å². The number of rotatable bonds is 9. The Kier molecular flexibility index (Phi) is 7.95. The average Bonchev–Trinajstić information content (AvgIpc) is 3.36. The van der Waals surface area contributed by atoms with E-state index in [0.717, 1.165) is 41.0 Å². The molecule has 4 aromatic rings. The van der Waals surface area contributed by atoms with Gasteiger partial charge in [0.1, 0.15) is 5.82 Å². The number of carbonyl (C=O) groups excluding carboxylic acids is 1. The van der Waals surface area contributed by atoms with Gasteiger partial charge in [0.15, 0.2) is 0 Å². The van der Waals surface area contributed by atoms with E-state index in [2.05, 4.69) is 16.6 Å². The van der Waals surface area contributed by atoms with Crippen molar-refractivity contribution in [3.63, 3.8) is 0 Å². The molecule has 0 saturated heterocycles. The molecule has 1 amide bonds. The van der Waals surface area contributed by atoms with E-state index in [1.165, 1.54) is 0 Å². The number of imidazole rings is 1. The molecule has 0 saturated carbocycles. The van der Waals surface area contributed by atoms with Gasteiger partial charge in [0.2, 0.25) is 15.9 Å². The summed E-state index contributed by atoms with van der Waals surface area (Å²) in [6.45, 7) is 2.39. The number of amides is 1. The van der Waals surface area contributed by atoms with Gasteiger partial charge in [-0.15, -0.1) is 0 Å². The van der Waals surface area contributed by atoms with Crippen LogP contribution in [0.15, 0.2) is 96.2 Å². The topological polar surface area (TPSA) is 84.3 Å². The standard InChI is InChI=1S/C31H34N4O3S/c1-23(24-10-5-3-6-11-24)20-31(36)35(22-30-32-18-19-34(30)2)26-17-16-25-12-9-15-29(28(25)21-26)33-39(37,38)27-13-7-4-8-14-27/h3-8,10-11,13-14,16-19,21,23,29,33H,9,12,15,20,22H2,1-2H3. The van der Waals surface area contributed by atoms with E-state index in [9.17, 15) is 13.2 Å². The van der Waals surface area contributed by atoms with Crippen molar-refractivity contribution < 1.29 is 13.2 Å². The maximum atomic E-state index is 13.8. The second-order valence-electron chi connectivity index (χ2n) is 10.2. The molecule has 0 fully saturated rings. The number of nitrogens with one attached hydrogen (secondary N) is 1. The van der Waals surface area contributed by atoms with Crippen LogP contribution in [0.25, 0.3) is 0 Å². The summed E-state index contributed by atoms with van der Waals surface area (Å²) in [4.78, 5) is 20.3. The van der Waals surface area contributed by atoms with Crippen LogP contribution in [0.3, 0.4) is 0 Å². The van der Waals surface area contributed by atoms with Gasteiger partial charge in [0.25, 0.3) is 0 Å². The minimum Gasteiger partial charge on any atom is -0.337 e. The van der Waals surface area contributed by atoms with Crippen LogP contribution in [-0.2, 0) is 34.8 Å². The van der Waals surface area contributed by atoms with Gasteiger partial charge in [-0.25, -0.2) is 18.1 Å². The fourth-order valence-corrected chi connectivity index (χ4v) is 6.49. The molecule has 3 aromatic carbocycles. The monoisotopic (exact) mass is 542 g/mol. The Balaban J connectivity index is 1.46. The highest BCUT2D eigenvalue weighted by Crippen LogP contribution is 2.35. The largest absolute Gasteiger partial charge is 0.337 e. The van der Waals surface area contributed by atoms with Crippen LogP contribution in [-0.4, -0.2) is 23.9 Å². The van der Waals surface area contributed by atoms with Crippen molar-refractivity contribution in [3.8, 4) is 0 Å². The number of hydrogen-bond donors (Lipinski definition) is 1. The van der Waals surface area contributed by atoms with Crippen LogP contribution >= 0.6 is 0 Å². The van der Waals surface area contributed by atoms with Crippen LogP contribution < -0.4 is 9.62 Å². The highest BCUT2D eigenvalue weighted by molar-refractivity contribution is 7.89. The summed E-state index contributed by atoms with van der Waals surface area (Å²) in [7, 11) is -1.77. The summed E-state index contributed by atoms with van der Waals surface area (Å²) in [6.07, 6.45) is 6.39. The van der Waals surface area contributed by atoms with Gasteiger partial charge in [0, 0.05) is 37.6 Å². The molecule has 1 N–H and O–H groups in total. The molecule has 2 unspecified atom stereocenters. The SMILES string of the molecule is CC(CC(=O)N(Cc1nccn1C)c1ccc2c(c1)C(NS(=O)(=O)c1ccccc1)CCC2)c1ccccc1. The summed E-state index contributed by atoms with van der Waals surface area (Å²) in [6, 6.07) is 24.1. The molecule has 2 atom stereocenters. The molecule has 1 heterocycles. The molecule has 8 heteroatoms. The zero-order valence-electron chi connectivity index (χ0n) is 22.3. The zero-order valence-corrected chi connectivity index (χ0v) is 23.1. The number of benzene rings is 3. The number of sulfonamides is 1. The van der Waals surface area contributed by atoms with Gasteiger partial charge < -0.3 is 9.47 Å². The molecule has 0 bridgehead atoms. The van der Waals surface area contributed by atoms with Crippen molar-refractivity contribution >= 4 is 21.6 Å². The smallest absolute Gasteiger partial charge is 0.241 e. The fraction of sp³-hybridized carbons (Fsp3) is 0.290. The normalized spacial score (nSPS) is 15.9. The quantitative estimate of drug-likeness (QED) is 0.303. The molecule has 1 aromatic heterocycles. The molecule has 0 spiro atoms. The van der Waals surface area contributed by atoms with Crippen LogP contribution in [0.1, 0.15) is 60.7 Å². The van der Waals surface area contributed by atoms with Gasteiger partial charge in [0.05, 0.1) is 11.4 Å². The lowest BCUT2D eigenvalue weighted by molar-refractivity contribution is -0.119. The van der Waals surface area contributed by atoms with E-state index in [4.69, 9.17) is 0 Å². The number of fused-ring (bicyclic) bond motifs is 1. The highest BCUT2D eigenvalue weighted by atomic mass is 32.2. The van der Waals surface area contributed by atoms with E-state index >= 15 is 0 Å². The number of nitrogens with zero attached hydrogens (tertiary/aromatic N) is 3. The molecule has 0 aliphatic heterocycles. The predicted molar refractivity (Wildman–Crippen MR) is 153 cm³/mol. The molecular formula is C31H34N4O3S. The lowest BCUT2D eigenvalue weighted by Crippen LogP contribution is -2.34. The number of aromatic nitrogens is 2. The van der Waals surface area contributed by atoms with Crippen molar-refractivity contribution in [2.45, 2.75) is 56.0 Å². The van der Waals surface area contributed by atoms with Gasteiger partial charge in [-0.3, -0.25) is 4.79 Å². The van der Waals surface area contributed by atoms with Gasteiger partial charge in [-0.05, 0) is 66.1 Å². The van der Waals surface area contributed by atoms with Gasteiger partial charge in [-0.1, -0.05) is 61.5 Å². The Bertz CT molecular complexity index is 1530. The fourth-order valence-electron chi connectivity index (χ4n) is 5.22. The van der Waals surface area contributed by atoms with Crippen LogP contribution in [0, 0.1) is 0 Å². The summed E-state index contributed by atoms with van der Waals surface area (Å²) < 4.78 is 31.1. The summed E-state index contributed by atoms with van der Waals surface area (Å²) in [5.74, 6) is 0.812. The Labute approximate surface area is 230 Å². The Hall–Kier alpha value is -3.75. The minimum absolute atomic E-state index is 0.00784. The van der Waals surface area contributed by atoms with E-state index in [0.29, 0.717) is 19.4 Å². The molecule has 0 radical (unpaired) electrons. The van der Waals surface area contributed by atoms with Crippen molar-refractivity contribution in [3.05, 3.63) is 114 Å². The predicted octanol–water partition coefficient (Wildman–Crippen LogP) is 5.50. The van der Waals surface area contributed by atoms with Crippen molar-refractivity contribution in [2.24, 2.45) is 7.05 Å². The molecule has 1 aliphatic carbocycles. The maximum absolute atomic E-state index is 13.8. The lowest BCUT2D eigenvalue weighted by Gasteiger charge is -2.30. The first-order chi connectivity index (χ1) is 18.8. The number of anilines is 1. The number of aryl methyl sites for hydroxylation is 2.